The van der Waals surface area contributed by atoms with Gasteiger partial charge in [0, 0.05) is 27.1 Å². The molecule has 8 nitrogen and oxygen atoms in total. The Morgan fingerprint density at radius 3 is 1.05 bits per heavy atom. The third-order valence-corrected chi connectivity index (χ3v) is 29.8. The van der Waals surface area contributed by atoms with Gasteiger partial charge in [-0.1, -0.05) is 249 Å². The van der Waals surface area contributed by atoms with E-state index in [1.54, 1.807) is 0 Å². The summed E-state index contributed by atoms with van der Waals surface area (Å²) >= 11 is 0. The Balaban J connectivity index is 0.808. The number of nitrogens with zero attached hydrogens (tertiary/aromatic N) is 6. The van der Waals surface area contributed by atoms with Crippen molar-refractivity contribution in [2.24, 2.45) is 0 Å². The number of imidazole rings is 4. The van der Waals surface area contributed by atoms with Crippen LogP contribution in [0.3, 0.4) is 0 Å². The largest absolute Gasteiger partial charge is 0.456 e. The van der Waals surface area contributed by atoms with Crippen LogP contribution in [0, 0.1) is 0 Å². The number of benzene rings is 14. The van der Waals surface area contributed by atoms with Crippen molar-refractivity contribution in [1.82, 2.24) is 27.9 Å². The van der Waals surface area contributed by atoms with Crippen LogP contribution in [0.5, 0.6) is 0 Å². The second-order valence-corrected chi connectivity index (χ2v) is 32.8. The lowest BCUT2D eigenvalue weighted by Crippen LogP contribution is -2.74. The molecular weight excluding hydrogens is 1210 g/mol. The summed E-state index contributed by atoms with van der Waals surface area (Å²) in [5.74, 6) is 1.69. The SMILES string of the molecule is c1ccc([Si](c2ccccc2)(c2ccccc2)c2ccc3oc4ccc([Si](c5ccccc5)(c5ccccc5)c5ccc(-c6cc(-n7c8ccccc8n8c9ccccc9nc78)cc7c6oc6ccc(-n8c9ccccc9n9c%10ccccc%10nc89)cc67)cc5)cc4c3c2)cc1. The Labute approximate surface area is 552 Å². The summed E-state index contributed by atoms with van der Waals surface area (Å²) in [5, 5.41) is 14.5. The quantitative estimate of drug-likeness (QED) is 0.0956. The molecule has 0 saturated heterocycles. The molecule has 0 unspecified atom stereocenters. The van der Waals surface area contributed by atoms with E-state index >= 15 is 0 Å². The van der Waals surface area contributed by atoms with E-state index < -0.39 is 16.1 Å². The van der Waals surface area contributed by atoms with E-state index in [9.17, 15) is 0 Å². The number of aromatic nitrogens is 6. The van der Waals surface area contributed by atoms with Gasteiger partial charge in [0.15, 0.2) is 16.1 Å². The molecule has 0 N–H and O–H groups in total. The third-order valence-electron chi connectivity index (χ3n) is 20.3. The first-order valence-corrected chi connectivity index (χ1v) is 36.7. The first-order chi connectivity index (χ1) is 47.6. The van der Waals surface area contributed by atoms with Crippen molar-refractivity contribution in [3.05, 3.63) is 340 Å². The fourth-order valence-electron chi connectivity index (χ4n) is 16.1. The molecule has 10 heteroatoms. The zero-order valence-corrected chi connectivity index (χ0v) is 53.8. The minimum absolute atomic E-state index is 0.793. The molecular formula is C86H56N6O2Si2. The number of para-hydroxylation sites is 8. The second kappa shape index (κ2) is 21.1. The van der Waals surface area contributed by atoms with E-state index in [-0.39, 0.29) is 0 Å². The first-order valence-electron chi connectivity index (χ1n) is 32.7. The van der Waals surface area contributed by atoms with Crippen molar-refractivity contribution in [2.45, 2.75) is 0 Å². The Hall–Kier alpha value is -12.3. The molecule has 20 aromatic rings. The maximum absolute atomic E-state index is 7.25. The van der Waals surface area contributed by atoms with Crippen LogP contribution in [0.4, 0.5) is 0 Å². The molecule has 0 radical (unpaired) electrons. The summed E-state index contributed by atoms with van der Waals surface area (Å²) in [6.07, 6.45) is 0. The van der Waals surface area contributed by atoms with E-state index in [1.807, 2.05) is 0 Å². The molecule has 0 spiro atoms. The van der Waals surface area contributed by atoms with Gasteiger partial charge in [-0.3, -0.25) is 17.9 Å². The van der Waals surface area contributed by atoms with E-state index in [4.69, 9.17) is 18.8 Å². The molecule has 20 rings (SSSR count). The highest BCUT2D eigenvalue weighted by molar-refractivity contribution is 7.20. The van der Waals surface area contributed by atoms with Crippen LogP contribution in [0.25, 0.3) is 122 Å². The molecule has 0 aliphatic heterocycles. The summed E-state index contributed by atoms with van der Waals surface area (Å²) in [5.41, 5.74) is 15.6. The summed E-state index contributed by atoms with van der Waals surface area (Å²) in [6, 6.07) is 125. The Kier molecular flexibility index (Phi) is 11.9. The predicted molar refractivity (Wildman–Crippen MR) is 400 cm³/mol. The number of hydrogen-bond acceptors (Lipinski definition) is 4. The fourth-order valence-corrected chi connectivity index (χ4v) is 25.6. The molecule has 14 aromatic carbocycles. The maximum Gasteiger partial charge on any atom is 0.220 e. The monoisotopic (exact) mass is 1260 g/mol. The van der Waals surface area contributed by atoms with Crippen LogP contribution < -0.4 is 41.5 Å². The van der Waals surface area contributed by atoms with Crippen molar-refractivity contribution in [3.8, 4) is 22.5 Å². The molecule has 6 aromatic heterocycles. The van der Waals surface area contributed by atoms with Crippen LogP contribution in [-0.2, 0) is 0 Å². The van der Waals surface area contributed by atoms with Gasteiger partial charge >= 0.3 is 0 Å². The van der Waals surface area contributed by atoms with E-state index in [0.717, 1.165) is 122 Å². The van der Waals surface area contributed by atoms with Gasteiger partial charge in [-0.15, -0.1) is 0 Å². The zero-order valence-electron chi connectivity index (χ0n) is 51.8. The molecule has 0 saturated carbocycles. The maximum atomic E-state index is 7.25. The van der Waals surface area contributed by atoms with Crippen LogP contribution in [0.2, 0.25) is 0 Å². The average molecular weight is 1260 g/mol. The lowest BCUT2D eigenvalue weighted by Gasteiger charge is -2.34. The van der Waals surface area contributed by atoms with E-state index in [2.05, 4.69) is 358 Å². The molecule has 0 fully saturated rings. The predicted octanol–water partition coefficient (Wildman–Crippen LogP) is 15.4. The minimum atomic E-state index is -3.19. The smallest absolute Gasteiger partial charge is 0.220 e. The fraction of sp³-hybridized carbons (Fsp3) is 0. The van der Waals surface area contributed by atoms with Crippen molar-refractivity contribution < 1.29 is 8.83 Å². The highest BCUT2D eigenvalue weighted by Gasteiger charge is 2.44. The van der Waals surface area contributed by atoms with Gasteiger partial charge in [0.05, 0.1) is 55.5 Å². The van der Waals surface area contributed by atoms with E-state index in [1.165, 1.54) is 41.5 Å². The highest BCUT2D eigenvalue weighted by Crippen LogP contribution is 2.42. The van der Waals surface area contributed by atoms with Gasteiger partial charge in [0.2, 0.25) is 11.6 Å². The molecule has 0 atom stereocenters. The minimum Gasteiger partial charge on any atom is -0.456 e. The van der Waals surface area contributed by atoms with Gasteiger partial charge in [-0.05, 0) is 138 Å². The van der Waals surface area contributed by atoms with Crippen LogP contribution >= 0.6 is 0 Å². The van der Waals surface area contributed by atoms with Crippen molar-refractivity contribution in [3.63, 3.8) is 0 Å². The van der Waals surface area contributed by atoms with E-state index in [0.29, 0.717) is 0 Å². The first kappa shape index (κ1) is 54.2. The Morgan fingerprint density at radius 1 is 0.250 bits per heavy atom. The summed E-state index contributed by atoms with van der Waals surface area (Å²) in [7, 11) is -6.07. The molecule has 0 bridgehead atoms. The number of rotatable bonds is 11. The van der Waals surface area contributed by atoms with Crippen LogP contribution in [-0.4, -0.2) is 44.1 Å². The van der Waals surface area contributed by atoms with Gasteiger partial charge in [0.1, 0.15) is 22.3 Å². The van der Waals surface area contributed by atoms with Crippen LogP contribution in [0.1, 0.15) is 0 Å². The molecule has 6 heterocycles. The van der Waals surface area contributed by atoms with Gasteiger partial charge in [0.25, 0.3) is 0 Å². The number of furan rings is 2. The second-order valence-electron chi connectivity index (χ2n) is 25.2. The van der Waals surface area contributed by atoms with Gasteiger partial charge in [-0.25, -0.2) is 9.97 Å². The van der Waals surface area contributed by atoms with Crippen molar-refractivity contribution >= 4 is 157 Å². The van der Waals surface area contributed by atoms with Gasteiger partial charge in [-0.2, -0.15) is 0 Å². The Bertz CT molecular complexity index is 6310. The van der Waals surface area contributed by atoms with Crippen LogP contribution in [0.15, 0.2) is 349 Å². The van der Waals surface area contributed by atoms with Gasteiger partial charge < -0.3 is 8.83 Å². The molecule has 0 aliphatic rings. The lowest BCUT2D eigenvalue weighted by molar-refractivity contribution is 0.669. The summed E-state index contributed by atoms with van der Waals surface area (Å²) in [6.45, 7) is 0. The standard InChI is InChI=1S/C86H56N6O2Si2/c1-6-24-60(25-7-1)95(61-26-8-2-9-27-61,62-28-10-3-11-29-62)66-47-50-81-70(55-66)71-56-67(48-51-82(71)93-81)96(63-30-12-4-13-31-63,64-32-14-5-15-33-64)65-45-42-57(43-46-65)68-53-59(90-78-39-21-23-41-80(78)92-76-37-19-17-35-74(76)88-86(90)92)54-72-69-52-58(44-49-83(69)94-84(68)72)89-77-38-20-22-40-79(77)91-75-36-18-16-34-73(75)87-85(89)91/h1-56H. The highest BCUT2D eigenvalue weighted by atomic mass is 28.3. The topological polar surface area (TPSA) is 70.7 Å². The normalized spacial score (nSPS) is 12.4. The average Bonchev–Trinajstić information content (AvgIpc) is 1.49. The molecule has 0 amide bonds. The lowest BCUT2D eigenvalue weighted by atomic mass is 10.0. The van der Waals surface area contributed by atoms with Crippen molar-refractivity contribution in [1.29, 1.82) is 0 Å². The third kappa shape index (κ3) is 7.82. The molecule has 96 heavy (non-hydrogen) atoms. The number of hydrogen-bond donors (Lipinski definition) is 0. The summed E-state index contributed by atoms with van der Waals surface area (Å²) < 4.78 is 23.3. The van der Waals surface area contributed by atoms with Crippen molar-refractivity contribution in [2.75, 3.05) is 0 Å². The molecule has 450 valence electrons. The summed E-state index contributed by atoms with van der Waals surface area (Å²) in [4.78, 5) is 10.7. The Morgan fingerprint density at radius 2 is 0.594 bits per heavy atom. The molecule has 0 aliphatic carbocycles. The number of fused-ring (bicyclic) bond motifs is 16. The zero-order chi connectivity index (χ0) is 63.1.